The van der Waals surface area contributed by atoms with Crippen molar-refractivity contribution in [2.75, 3.05) is 24.7 Å². The molecule has 0 amide bonds. The maximum atomic E-state index is 11.9. The highest BCUT2D eigenvalue weighted by Crippen LogP contribution is 2.42. The molecule has 1 aromatic heterocycles. The maximum Gasteiger partial charge on any atom is 0.311 e. The zero-order valence-corrected chi connectivity index (χ0v) is 17.7. The minimum absolute atomic E-state index is 0.135. The van der Waals surface area contributed by atoms with Crippen molar-refractivity contribution in [2.45, 2.75) is 32.3 Å². The van der Waals surface area contributed by atoms with Gasteiger partial charge in [0.2, 0.25) is 0 Å². The molecule has 1 saturated heterocycles. The summed E-state index contributed by atoms with van der Waals surface area (Å²) in [7, 11) is 0. The first-order valence-electron chi connectivity index (χ1n) is 10.7. The fourth-order valence-electron chi connectivity index (χ4n) is 4.55. The lowest BCUT2D eigenvalue weighted by molar-refractivity contribution is -0.385. The fourth-order valence-corrected chi connectivity index (χ4v) is 4.55. The number of nitriles is 1. The Bertz CT molecular complexity index is 1260. The number of nitro groups is 1. The van der Waals surface area contributed by atoms with E-state index < -0.39 is 4.92 Å². The molecule has 2 aromatic carbocycles. The second kappa shape index (κ2) is 8.09. The number of aryl methyl sites for hydroxylation is 2. The average molecular weight is 430 g/mol. The van der Waals surface area contributed by atoms with E-state index in [4.69, 9.17) is 9.47 Å². The maximum absolute atomic E-state index is 11.9. The lowest BCUT2D eigenvalue weighted by atomic mass is 9.97. The van der Waals surface area contributed by atoms with E-state index in [-0.39, 0.29) is 17.5 Å². The van der Waals surface area contributed by atoms with Gasteiger partial charge in [0.1, 0.15) is 12.2 Å². The van der Waals surface area contributed by atoms with E-state index >= 15 is 0 Å². The molecule has 1 atom stereocenters. The van der Waals surface area contributed by atoms with Crippen LogP contribution in [0.25, 0.3) is 10.9 Å². The van der Waals surface area contributed by atoms with Gasteiger partial charge in [0.15, 0.2) is 5.75 Å². The molecular weight excluding hydrogens is 408 g/mol. The lowest BCUT2D eigenvalue weighted by Gasteiger charge is -2.33. The minimum Gasteiger partial charge on any atom is -0.481 e. The number of benzene rings is 2. The van der Waals surface area contributed by atoms with Crippen molar-refractivity contribution < 1.29 is 14.4 Å². The molecule has 2 aliphatic rings. The topological polar surface area (TPSA) is 102 Å². The van der Waals surface area contributed by atoms with Crippen LogP contribution in [0.2, 0.25) is 0 Å². The summed E-state index contributed by atoms with van der Waals surface area (Å²) in [6.07, 6.45) is 3.89. The molecule has 5 rings (SSSR count). The molecule has 8 nitrogen and oxygen atoms in total. The molecule has 0 bridgehead atoms. The van der Waals surface area contributed by atoms with Crippen LogP contribution in [0.4, 0.5) is 17.1 Å². The predicted molar refractivity (Wildman–Crippen MR) is 119 cm³/mol. The third-order valence-electron chi connectivity index (χ3n) is 6.04. The van der Waals surface area contributed by atoms with Crippen molar-refractivity contribution in [2.24, 2.45) is 0 Å². The van der Waals surface area contributed by atoms with Crippen LogP contribution in [-0.4, -0.2) is 35.8 Å². The summed E-state index contributed by atoms with van der Waals surface area (Å²) in [6, 6.07) is 11.6. The largest absolute Gasteiger partial charge is 0.481 e. The number of nitrogens with zero attached hydrogens (tertiary/aromatic N) is 4. The number of pyridine rings is 1. The molecule has 0 N–H and O–H groups in total. The monoisotopic (exact) mass is 430 g/mol. The Balaban J connectivity index is 1.70. The summed E-state index contributed by atoms with van der Waals surface area (Å²) in [5.74, 6) is 0.177. The van der Waals surface area contributed by atoms with Crippen LogP contribution in [0.15, 0.2) is 36.5 Å². The van der Waals surface area contributed by atoms with E-state index in [9.17, 15) is 15.4 Å². The number of ether oxygens (including phenoxy) is 2. The van der Waals surface area contributed by atoms with Crippen LogP contribution in [0.5, 0.6) is 5.75 Å². The zero-order valence-electron chi connectivity index (χ0n) is 17.7. The van der Waals surface area contributed by atoms with E-state index in [1.54, 1.807) is 6.07 Å². The van der Waals surface area contributed by atoms with Crippen molar-refractivity contribution in [3.63, 3.8) is 0 Å². The minimum atomic E-state index is -0.444. The fraction of sp³-hybridized carbons (Fsp3) is 0.333. The van der Waals surface area contributed by atoms with E-state index in [1.165, 1.54) is 23.4 Å². The summed E-state index contributed by atoms with van der Waals surface area (Å²) in [6.45, 7) is 3.76. The molecule has 3 aromatic rings. The van der Waals surface area contributed by atoms with E-state index in [0.29, 0.717) is 41.8 Å². The Morgan fingerprint density at radius 1 is 1.34 bits per heavy atom. The third kappa shape index (κ3) is 3.51. The number of rotatable bonds is 4. The van der Waals surface area contributed by atoms with Crippen LogP contribution in [0, 0.1) is 28.4 Å². The Morgan fingerprint density at radius 2 is 2.22 bits per heavy atom. The second-order valence-electron chi connectivity index (χ2n) is 8.22. The molecule has 0 radical (unpaired) electrons. The highest BCUT2D eigenvalue weighted by molar-refractivity contribution is 5.99. The zero-order chi connectivity index (χ0) is 22.2. The van der Waals surface area contributed by atoms with Crippen LogP contribution >= 0.6 is 0 Å². The first-order valence-corrected chi connectivity index (χ1v) is 10.7. The summed E-state index contributed by atoms with van der Waals surface area (Å²) >= 11 is 0. The smallest absolute Gasteiger partial charge is 0.311 e. The number of fused-ring (bicyclic) bond motifs is 2. The molecule has 32 heavy (non-hydrogen) atoms. The van der Waals surface area contributed by atoms with Gasteiger partial charge in [-0.1, -0.05) is 17.7 Å². The first kappa shape index (κ1) is 20.2. The van der Waals surface area contributed by atoms with Gasteiger partial charge in [0.05, 0.1) is 34.9 Å². The molecule has 3 heterocycles. The molecule has 2 aliphatic heterocycles. The van der Waals surface area contributed by atoms with Gasteiger partial charge in [-0.2, -0.15) is 5.26 Å². The SMILES string of the molecule is Cc1ccc2c(c1)CCCN2c1c(C#N)cnc2cc(OC3CCOC3)c([N+](=O)[O-])cc12. The van der Waals surface area contributed by atoms with Crippen LogP contribution in [-0.2, 0) is 11.2 Å². The Morgan fingerprint density at radius 3 is 2.97 bits per heavy atom. The third-order valence-corrected chi connectivity index (χ3v) is 6.04. The normalized spacial score (nSPS) is 17.8. The summed E-state index contributed by atoms with van der Waals surface area (Å²) in [5.41, 5.74) is 4.87. The number of hydrogen-bond donors (Lipinski definition) is 0. The molecule has 0 saturated carbocycles. The van der Waals surface area contributed by atoms with Crippen molar-refractivity contribution in [1.82, 2.24) is 4.98 Å². The summed E-state index contributed by atoms with van der Waals surface area (Å²) in [4.78, 5) is 18.0. The number of hydrogen-bond acceptors (Lipinski definition) is 7. The first-order chi connectivity index (χ1) is 15.5. The standard InChI is InChI=1S/C24H22N4O4/c1-15-4-5-21-16(9-15)3-2-7-27(21)24-17(12-25)13-26-20-11-23(32-18-6-8-31-14-18)22(28(29)30)10-19(20)24/h4-5,9-11,13,18H,2-3,6-8,14H2,1H3. The van der Waals surface area contributed by atoms with Crippen molar-refractivity contribution in [3.05, 3.63) is 63.3 Å². The number of nitro benzene ring substituents is 1. The highest BCUT2D eigenvalue weighted by Gasteiger charge is 2.28. The van der Waals surface area contributed by atoms with Gasteiger partial charge in [0, 0.05) is 42.4 Å². The van der Waals surface area contributed by atoms with E-state index in [0.717, 1.165) is 25.1 Å². The van der Waals surface area contributed by atoms with Gasteiger partial charge in [0.25, 0.3) is 0 Å². The molecule has 0 spiro atoms. The lowest BCUT2D eigenvalue weighted by Crippen LogP contribution is -2.25. The van der Waals surface area contributed by atoms with Crippen LogP contribution in [0.3, 0.4) is 0 Å². The Kier molecular flexibility index (Phi) is 5.11. The molecule has 1 fully saturated rings. The summed E-state index contributed by atoms with van der Waals surface area (Å²) in [5, 5.41) is 22.3. The number of anilines is 2. The van der Waals surface area contributed by atoms with Crippen LogP contribution < -0.4 is 9.64 Å². The van der Waals surface area contributed by atoms with Crippen molar-refractivity contribution in [3.8, 4) is 11.8 Å². The van der Waals surface area contributed by atoms with Gasteiger partial charge in [-0.15, -0.1) is 0 Å². The van der Waals surface area contributed by atoms with E-state index in [1.807, 2.05) is 6.07 Å². The van der Waals surface area contributed by atoms with Crippen molar-refractivity contribution in [1.29, 1.82) is 5.26 Å². The van der Waals surface area contributed by atoms with E-state index in [2.05, 4.69) is 35.0 Å². The predicted octanol–water partition coefficient (Wildman–Crippen LogP) is 4.58. The molecule has 1 unspecified atom stereocenters. The van der Waals surface area contributed by atoms with Gasteiger partial charge >= 0.3 is 5.69 Å². The Hall–Kier alpha value is -3.70. The van der Waals surface area contributed by atoms with Gasteiger partial charge in [-0.25, -0.2) is 0 Å². The highest BCUT2D eigenvalue weighted by atomic mass is 16.6. The second-order valence-corrected chi connectivity index (χ2v) is 8.22. The number of aromatic nitrogens is 1. The van der Waals surface area contributed by atoms with Crippen molar-refractivity contribution >= 4 is 28.0 Å². The molecule has 162 valence electrons. The van der Waals surface area contributed by atoms with Gasteiger partial charge in [-0.05, 0) is 31.4 Å². The summed E-state index contributed by atoms with van der Waals surface area (Å²) < 4.78 is 11.2. The average Bonchev–Trinajstić information content (AvgIpc) is 3.30. The van der Waals surface area contributed by atoms with Crippen LogP contribution in [0.1, 0.15) is 29.5 Å². The Labute approximate surface area is 185 Å². The quantitative estimate of drug-likeness (QED) is 0.441. The molecular formula is C24H22N4O4. The van der Waals surface area contributed by atoms with Gasteiger partial charge < -0.3 is 14.4 Å². The molecule has 8 heteroatoms. The molecule has 0 aliphatic carbocycles. The van der Waals surface area contributed by atoms with Gasteiger partial charge in [-0.3, -0.25) is 15.1 Å².